The fourth-order valence-corrected chi connectivity index (χ4v) is 3.38. The lowest BCUT2D eigenvalue weighted by atomic mass is 9.86. The van der Waals surface area contributed by atoms with Crippen LogP contribution in [-0.2, 0) is 0 Å². The highest BCUT2D eigenvalue weighted by Gasteiger charge is 2.25. The summed E-state index contributed by atoms with van der Waals surface area (Å²) in [4.78, 5) is 12.5. The summed E-state index contributed by atoms with van der Waals surface area (Å²) in [6.07, 6.45) is 3.70. The number of carbonyl (C=O) groups excluding carboxylic acids is 1. The minimum atomic E-state index is -0.183. The quantitative estimate of drug-likeness (QED) is 0.906. The molecule has 0 unspecified atom stereocenters. The molecule has 0 atom stereocenters. The Kier molecular flexibility index (Phi) is 4.41. The van der Waals surface area contributed by atoms with Crippen molar-refractivity contribution < 1.29 is 14.3 Å². The number of carbonyl (C=O) groups is 1. The first-order valence-corrected chi connectivity index (χ1v) is 8.07. The standard InChI is InChI=1S/C17H20ClNO3/c1-10-13-3-2-4-14(18)16(13)22-15(10)17(21)19-12-7-5-11(9-20)6-8-12/h2-4,11-12,20H,5-9H2,1H3,(H,19,21). The number of aryl methyl sites for hydroxylation is 1. The normalized spacial score (nSPS) is 22.0. The molecule has 5 heteroatoms. The van der Waals surface area contributed by atoms with E-state index in [2.05, 4.69) is 5.32 Å². The van der Waals surface area contributed by atoms with Gasteiger partial charge < -0.3 is 14.8 Å². The first-order chi connectivity index (χ1) is 10.6. The van der Waals surface area contributed by atoms with E-state index >= 15 is 0 Å². The van der Waals surface area contributed by atoms with Crippen LogP contribution in [0.5, 0.6) is 0 Å². The van der Waals surface area contributed by atoms with Crippen molar-refractivity contribution >= 4 is 28.5 Å². The van der Waals surface area contributed by atoms with E-state index in [0.29, 0.717) is 22.3 Å². The Hall–Kier alpha value is -1.52. The van der Waals surface area contributed by atoms with E-state index in [9.17, 15) is 4.79 Å². The summed E-state index contributed by atoms with van der Waals surface area (Å²) in [7, 11) is 0. The average Bonchev–Trinajstić information content (AvgIpc) is 2.87. The molecule has 1 aromatic carbocycles. The summed E-state index contributed by atoms with van der Waals surface area (Å²) < 4.78 is 5.69. The molecule has 1 aliphatic carbocycles. The zero-order chi connectivity index (χ0) is 15.7. The van der Waals surface area contributed by atoms with Gasteiger partial charge in [-0.15, -0.1) is 0 Å². The molecule has 118 valence electrons. The number of aliphatic hydroxyl groups excluding tert-OH is 1. The number of benzene rings is 1. The van der Waals surface area contributed by atoms with Gasteiger partial charge in [0.15, 0.2) is 11.3 Å². The second kappa shape index (κ2) is 6.31. The molecule has 0 aliphatic heterocycles. The number of fused-ring (bicyclic) bond motifs is 1. The SMILES string of the molecule is Cc1c(C(=O)NC2CCC(CO)CC2)oc2c(Cl)cccc12. The van der Waals surface area contributed by atoms with Crippen LogP contribution in [0.25, 0.3) is 11.0 Å². The number of amides is 1. The van der Waals surface area contributed by atoms with Crippen LogP contribution >= 0.6 is 11.6 Å². The predicted molar refractivity (Wildman–Crippen MR) is 86.3 cm³/mol. The van der Waals surface area contributed by atoms with E-state index < -0.39 is 0 Å². The van der Waals surface area contributed by atoms with Gasteiger partial charge >= 0.3 is 0 Å². The Morgan fingerprint density at radius 1 is 1.36 bits per heavy atom. The summed E-state index contributed by atoms with van der Waals surface area (Å²) in [5.41, 5.74) is 1.38. The number of furan rings is 1. The van der Waals surface area contributed by atoms with Gasteiger partial charge in [0, 0.05) is 23.6 Å². The maximum Gasteiger partial charge on any atom is 0.287 e. The van der Waals surface area contributed by atoms with Crippen LogP contribution in [0.4, 0.5) is 0 Å². The third-order valence-corrected chi connectivity index (χ3v) is 4.86. The highest BCUT2D eigenvalue weighted by molar-refractivity contribution is 6.35. The van der Waals surface area contributed by atoms with Gasteiger partial charge in [0.1, 0.15) is 0 Å². The van der Waals surface area contributed by atoms with Gasteiger partial charge in [-0.1, -0.05) is 23.7 Å². The molecule has 1 aliphatic rings. The molecule has 0 bridgehead atoms. The molecule has 1 saturated carbocycles. The number of hydrogen-bond donors (Lipinski definition) is 2. The van der Waals surface area contributed by atoms with Crippen molar-refractivity contribution in [1.82, 2.24) is 5.32 Å². The Labute approximate surface area is 134 Å². The molecule has 0 saturated heterocycles. The summed E-state index contributed by atoms with van der Waals surface area (Å²) in [6, 6.07) is 5.66. The van der Waals surface area contributed by atoms with Gasteiger partial charge in [-0.2, -0.15) is 0 Å². The monoisotopic (exact) mass is 321 g/mol. The highest BCUT2D eigenvalue weighted by Crippen LogP contribution is 2.31. The third kappa shape index (κ3) is 2.85. The van der Waals surface area contributed by atoms with E-state index in [4.69, 9.17) is 21.1 Å². The molecule has 22 heavy (non-hydrogen) atoms. The summed E-state index contributed by atoms with van der Waals surface area (Å²) >= 11 is 6.12. The van der Waals surface area contributed by atoms with Crippen LogP contribution in [0, 0.1) is 12.8 Å². The molecule has 0 spiro atoms. The number of aliphatic hydroxyl groups is 1. The molecule has 3 rings (SSSR count). The molecule has 1 heterocycles. The lowest BCUT2D eigenvalue weighted by Crippen LogP contribution is -2.38. The Morgan fingerprint density at radius 2 is 2.09 bits per heavy atom. The average molecular weight is 322 g/mol. The number of nitrogens with one attached hydrogen (secondary N) is 1. The molecule has 2 N–H and O–H groups in total. The largest absolute Gasteiger partial charge is 0.449 e. The van der Waals surface area contributed by atoms with E-state index in [0.717, 1.165) is 36.6 Å². The van der Waals surface area contributed by atoms with Crippen molar-refractivity contribution in [1.29, 1.82) is 0 Å². The number of rotatable bonds is 3. The molecule has 1 amide bonds. The smallest absolute Gasteiger partial charge is 0.287 e. The second-order valence-corrected chi connectivity index (χ2v) is 6.45. The van der Waals surface area contributed by atoms with Gasteiger partial charge in [0.25, 0.3) is 5.91 Å². The van der Waals surface area contributed by atoms with E-state index in [1.165, 1.54) is 0 Å². The maximum atomic E-state index is 12.5. The number of hydrogen-bond acceptors (Lipinski definition) is 3. The number of para-hydroxylation sites is 1. The molecule has 0 radical (unpaired) electrons. The van der Waals surface area contributed by atoms with Crippen molar-refractivity contribution in [3.8, 4) is 0 Å². The van der Waals surface area contributed by atoms with Crippen LogP contribution in [-0.4, -0.2) is 23.7 Å². The Morgan fingerprint density at radius 3 is 2.73 bits per heavy atom. The third-order valence-electron chi connectivity index (χ3n) is 4.56. The van der Waals surface area contributed by atoms with Crippen molar-refractivity contribution in [2.45, 2.75) is 38.6 Å². The van der Waals surface area contributed by atoms with Crippen LogP contribution < -0.4 is 5.32 Å². The van der Waals surface area contributed by atoms with Crippen LogP contribution in [0.15, 0.2) is 22.6 Å². The predicted octanol–water partition coefficient (Wildman–Crippen LogP) is 3.68. The zero-order valence-corrected chi connectivity index (χ0v) is 13.3. The van der Waals surface area contributed by atoms with E-state index in [1.807, 2.05) is 19.1 Å². The Bertz CT molecular complexity index is 687. The number of halogens is 1. The molecular formula is C17H20ClNO3. The van der Waals surface area contributed by atoms with Gasteiger partial charge in [0.2, 0.25) is 0 Å². The van der Waals surface area contributed by atoms with Crippen LogP contribution in [0.1, 0.15) is 41.8 Å². The van der Waals surface area contributed by atoms with Crippen LogP contribution in [0.2, 0.25) is 5.02 Å². The van der Waals surface area contributed by atoms with Gasteiger partial charge in [-0.25, -0.2) is 0 Å². The molecule has 4 nitrogen and oxygen atoms in total. The molecule has 1 fully saturated rings. The van der Waals surface area contributed by atoms with Crippen molar-refractivity contribution in [3.05, 3.63) is 34.5 Å². The molecular weight excluding hydrogens is 302 g/mol. The maximum absolute atomic E-state index is 12.5. The molecule has 2 aromatic rings. The van der Waals surface area contributed by atoms with Crippen molar-refractivity contribution in [3.63, 3.8) is 0 Å². The minimum absolute atomic E-state index is 0.151. The summed E-state index contributed by atoms with van der Waals surface area (Å²) in [6.45, 7) is 2.11. The highest BCUT2D eigenvalue weighted by atomic mass is 35.5. The fourth-order valence-electron chi connectivity index (χ4n) is 3.17. The van der Waals surface area contributed by atoms with E-state index in [1.54, 1.807) is 6.07 Å². The first-order valence-electron chi connectivity index (χ1n) is 7.69. The lowest BCUT2D eigenvalue weighted by Gasteiger charge is -2.27. The topological polar surface area (TPSA) is 62.5 Å². The zero-order valence-electron chi connectivity index (χ0n) is 12.6. The fraction of sp³-hybridized carbons (Fsp3) is 0.471. The van der Waals surface area contributed by atoms with Crippen molar-refractivity contribution in [2.75, 3.05) is 6.61 Å². The first kappa shape index (κ1) is 15.4. The van der Waals surface area contributed by atoms with Gasteiger partial charge in [-0.3, -0.25) is 4.79 Å². The lowest BCUT2D eigenvalue weighted by molar-refractivity contribution is 0.0887. The van der Waals surface area contributed by atoms with Gasteiger partial charge in [-0.05, 0) is 44.6 Å². The molecule has 1 aromatic heterocycles. The second-order valence-electron chi connectivity index (χ2n) is 6.05. The summed E-state index contributed by atoms with van der Waals surface area (Å²) in [5.74, 6) is 0.532. The minimum Gasteiger partial charge on any atom is -0.449 e. The Balaban J connectivity index is 1.76. The van der Waals surface area contributed by atoms with Gasteiger partial charge in [0.05, 0.1) is 5.02 Å². The van der Waals surface area contributed by atoms with Crippen LogP contribution in [0.3, 0.4) is 0 Å². The summed E-state index contributed by atoms with van der Waals surface area (Å²) in [5, 5.41) is 13.6. The van der Waals surface area contributed by atoms with Crippen molar-refractivity contribution in [2.24, 2.45) is 5.92 Å². The van der Waals surface area contributed by atoms with E-state index in [-0.39, 0.29) is 18.6 Å².